The number of aromatic nitrogens is 1. The molecular weight excluding hydrogens is 694 g/mol. The minimum atomic E-state index is -5.84. The molecule has 255 valence electrons. The summed E-state index contributed by atoms with van der Waals surface area (Å²) >= 11 is 0. The Hall–Kier alpha value is -2.24. The van der Waals surface area contributed by atoms with Crippen molar-refractivity contribution in [2.45, 2.75) is 77.4 Å². The van der Waals surface area contributed by atoms with Gasteiger partial charge in [-0.05, 0) is 40.0 Å². The zero-order valence-electron chi connectivity index (χ0n) is 24.7. The number of pyridine rings is 1. The van der Waals surface area contributed by atoms with Crippen LogP contribution in [0.2, 0.25) is 0 Å². The SMILES string of the molecule is CCc1cc(-c2ccc(C(C)(C)C)cc2)cnc1C1=N[C@@H](C(C)(C)C)CO1.O=S(=O)(O)C(F)(F)F.O=S(=O)(O)C(F)(F)F.[Cu]. The predicted octanol–water partition coefficient (Wildman–Crippen LogP) is 6.59. The van der Waals surface area contributed by atoms with E-state index >= 15 is 0 Å². The van der Waals surface area contributed by atoms with Gasteiger partial charge in [-0.25, -0.2) is 4.99 Å². The second-order valence-electron chi connectivity index (χ2n) is 11.4. The van der Waals surface area contributed by atoms with Crippen LogP contribution in [0.15, 0.2) is 41.5 Å². The van der Waals surface area contributed by atoms with Crippen LogP contribution < -0.4 is 0 Å². The summed E-state index contributed by atoms with van der Waals surface area (Å²) in [5.41, 5.74) is -5.06. The Morgan fingerprint density at radius 2 is 1.27 bits per heavy atom. The molecule has 2 heterocycles. The molecule has 2 N–H and O–H groups in total. The van der Waals surface area contributed by atoms with Crippen LogP contribution >= 0.6 is 0 Å². The summed E-state index contributed by atoms with van der Waals surface area (Å²) in [6.07, 6.45) is 2.84. The Kier molecular flexibility index (Phi) is 14.1. The fourth-order valence-electron chi connectivity index (χ4n) is 3.24. The van der Waals surface area contributed by atoms with Crippen LogP contribution in [0.4, 0.5) is 26.3 Å². The number of benzene rings is 1. The van der Waals surface area contributed by atoms with Crippen LogP contribution in [0.1, 0.15) is 65.3 Å². The van der Waals surface area contributed by atoms with E-state index in [-0.39, 0.29) is 33.9 Å². The van der Waals surface area contributed by atoms with E-state index in [2.05, 4.69) is 78.8 Å². The van der Waals surface area contributed by atoms with Gasteiger partial charge < -0.3 is 4.74 Å². The first-order valence-corrected chi connectivity index (χ1v) is 15.4. The van der Waals surface area contributed by atoms with Gasteiger partial charge in [0.1, 0.15) is 12.3 Å². The molecule has 0 amide bonds. The van der Waals surface area contributed by atoms with Gasteiger partial charge >= 0.3 is 31.3 Å². The summed E-state index contributed by atoms with van der Waals surface area (Å²) < 4.78 is 121. The molecule has 9 nitrogen and oxygen atoms in total. The first kappa shape index (κ1) is 41.8. The number of hydrogen-bond donors (Lipinski definition) is 2. The largest absolute Gasteiger partial charge is 0.522 e. The number of hydrogen-bond acceptors (Lipinski definition) is 7. The number of aliphatic imine (C=N–C) groups is 1. The standard InChI is InChI=1S/C24H32N2O.2CHF3O3S.Cu/c1-8-16-13-18(17-9-11-19(12-10-17)23(2,3)4)14-25-21(16)22-26-20(15-27-22)24(5,6)7;2*2-1(3,4)8(5,6)7;/h9-14,20H,8,15H2,1-7H3;2*(H,5,6,7);/t20-;;;/m1.../s1. The molecule has 44 heavy (non-hydrogen) atoms. The molecule has 0 saturated carbocycles. The second-order valence-corrected chi connectivity index (χ2v) is 14.2. The molecule has 1 aliphatic rings. The second kappa shape index (κ2) is 14.9. The van der Waals surface area contributed by atoms with E-state index in [4.69, 9.17) is 40.7 Å². The van der Waals surface area contributed by atoms with Crippen molar-refractivity contribution < 1.29 is 74.1 Å². The third-order valence-corrected chi connectivity index (χ3v) is 7.04. The quantitative estimate of drug-likeness (QED) is 0.156. The third-order valence-electron chi connectivity index (χ3n) is 5.87. The van der Waals surface area contributed by atoms with Gasteiger partial charge in [0.05, 0.1) is 6.04 Å². The maximum atomic E-state index is 10.7. The number of halogens is 6. The average molecular weight is 728 g/mol. The Balaban J connectivity index is 0.000000901. The van der Waals surface area contributed by atoms with Gasteiger partial charge in [0.25, 0.3) is 0 Å². The molecule has 0 spiro atoms. The van der Waals surface area contributed by atoms with E-state index in [1.165, 1.54) is 16.7 Å². The number of rotatable bonds is 3. The smallest absolute Gasteiger partial charge is 0.474 e. The summed E-state index contributed by atoms with van der Waals surface area (Å²) in [4.78, 5) is 9.55. The zero-order chi connectivity index (χ0) is 33.8. The van der Waals surface area contributed by atoms with Gasteiger partial charge in [-0.15, -0.1) is 0 Å². The van der Waals surface area contributed by atoms with Gasteiger partial charge in [0.2, 0.25) is 5.90 Å². The summed E-state index contributed by atoms with van der Waals surface area (Å²) in [6.45, 7) is 16.1. The minimum absolute atomic E-state index is 0. The summed E-state index contributed by atoms with van der Waals surface area (Å²) in [5, 5.41) is 0. The summed E-state index contributed by atoms with van der Waals surface area (Å²) in [7, 11) is -11.7. The molecule has 0 bridgehead atoms. The number of nitrogens with zero attached hydrogens (tertiary/aromatic N) is 2. The number of ether oxygens (including phenoxy) is 1. The fraction of sp³-hybridized carbons (Fsp3) is 0.538. The van der Waals surface area contributed by atoms with Gasteiger partial charge in [-0.1, -0.05) is 72.7 Å². The van der Waals surface area contributed by atoms with E-state index in [0.29, 0.717) is 12.5 Å². The molecule has 1 atom stereocenters. The van der Waals surface area contributed by atoms with Crippen LogP contribution in [0.3, 0.4) is 0 Å². The molecule has 1 aromatic heterocycles. The van der Waals surface area contributed by atoms with Crippen LogP contribution in [0.25, 0.3) is 11.1 Å². The molecule has 1 aromatic carbocycles. The van der Waals surface area contributed by atoms with Crippen molar-refractivity contribution in [3.05, 3.63) is 53.3 Å². The van der Waals surface area contributed by atoms with Crippen molar-refractivity contribution >= 4 is 26.1 Å². The number of alkyl halides is 6. The molecule has 3 rings (SSSR count). The monoisotopic (exact) mass is 727 g/mol. The van der Waals surface area contributed by atoms with Crippen molar-refractivity contribution in [1.29, 1.82) is 0 Å². The first-order valence-electron chi connectivity index (χ1n) is 12.5. The van der Waals surface area contributed by atoms with E-state index in [1.54, 1.807) is 0 Å². The van der Waals surface area contributed by atoms with Crippen LogP contribution in [-0.4, -0.2) is 60.5 Å². The Bertz CT molecular complexity index is 1460. The topological polar surface area (TPSA) is 143 Å². The maximum Gasteiger partial charge on any atom is 0.522 e. The van der Waals surface area contributed by atoms with E-state index in [9.17, 15) is 26.3 Å². The molecule has 18 heteroatoms. The predicted molar refractivity (Wildman–Crippen MR) is 149 cm³/mol. The molecule has 0 aliphatic carbocycles. The van der Waals surface area contributed by atoms with Crippen LogP contribution in [0.5, 0.6) is 0 Å². The first-order chi connectivity index (χ1) is 19.1. The molecular formula is C26H34CuF6N2O7S2. The molecule has 0 fully saturated rings. The van der Waals surface area contributed by atoms with Crippen molar-refractivity contribution in [2.24, 2.45) is 10.4 Å². The summed E-state index contributed by atoms with van der Waals surface area (Å²) in [5.74, 6) is 0.696. The maximum absolute atomic E-state index is 10.7. The van der Waals surface area contributed by atoms with Gasteiger partial charge in [-0.2, -0.15) is 43.2 Å². The fourth-order valence-corrected chi connectivity index (χ4v) is 3.24. The van der Waals surface area contributed by atoms with Crippen molar-refractivity contribution in [2.75, 3.05) is 6.61 Å². The molecule has 2 aromatic rings. The molecule has 1 radical (unpaired) electrons. The van der Waals surface area contributed by atoms with E-state index < -0.39 is 31.3 Å². The van der Waals surface area contributed by atoms with E-state index in [0.717, 1.165) is 17.7 Å². The van der Waals surface area contributed by atoms with Gasteiger partial charge in [-0.3, -0.25) is 14.1 Å². The van der Waals surface area contributed by atoms with Crippen molar-refractivity contribution in [3.63, 3.8) is 0 Å². The minimum Gasteiger partial charge on any atom is -0.474 e. The van der Waals surface area contributed by atoms with E-state index in [1.807, 2.05) is 6.20 Å². The van der Waals surface area contributed by atoms with Crippen LogP contribution in [0, 0.1) is 5.41 Å². The third kappa shape index (κ3) is 12.3. The molecule has 0 saturated heterocycles. The van der Waals surface area contributed by atoms with Crippen molar-refractivity contribution in [1.82, 2.24) is 4.98 Å². The molecule has 0 unspecified atom stereocenters. The summed E-state index contributed by atoms with van der Waals surface area (Å²) in [6, 6.07) is 11.2. The zero-order valence-corrected chi connectivity index (χ0v) is 27.2. The van der Waals surface area contributed by atoms with Gasteiger partial charge in [0, 0.05) is 28.8 Å². The van der Waals surface area contributed by atoms with Crippen LogP contribution in [-0.2, 0) is 53.9 Å². The average Bonchev–Trinajstić information content (AvgIpc) is 3.32. The molecule has 1 aliphatic heterocycles. The van der Waals surface area contributed by atoms with Crippen molar-refractivity contribution in [3.8, 4) is 11.1 Å². The Morgan fingerprint density at radius 3 is 1.59 bits per heavy atom. The van der Waals surface area contributed by atoms with Gasteiger partial charge in [0.15, 0.2) is 0 Å². The normalized spacial score (nSPS) is 15.9. The Labute approximate surface area is 263 Å². The number of aryl methyl sites for hydroxylation is 1. The Morgan fingerprint density at radius 1 is 0.841 bits per heavy atom.